The number of aromatic nitrogens is 2. The molecule has 3 aromatic rings. The van der Waals surface area contributed by atoms with Crippen molar-refractivity contribution >= 4 is 17.0 Å². The van der Waals surface area contributed by atoms with Gasteiger partial charge in [-0.05, 0) is 30.5 Å². The van der Waals surface area contributed by atoms with Gasteiger partial charge in [0, 0.05) is 22.8 Å². The van der Waals surface area contributed by atoms with Crippen LogP contribution in [-0.2, 0) is 0 Å². The highest BCUT2D eigenvalue weighted by molar-refractivity contribution is 7.10. The smallest absolute Gasteiger partial charge is 0.137 e. The van der Waals surface area contributed by atoms with Gasteiger partial charge in [-0.3, -0.25) is 0 Å². The van der Waals surface area contributed by atoms with Crippen molar-refractivity contribution in [1.82, 2.24) is 9.38 Å². The van der Waals surface area contributed by atoms with Crippen molar-refractivity contribution in [2.45, 2.75) is 6.92 Å². The summed E-state index contributed by atoms with van der Waals surface area (Å²) in [5.74, 6) is 0. The highest BCUT2D eigenvalue weighted by atomic mass is 32.1. The van der Waals surface area contributed by atoms with Crippen LogP contribution in [0, 0.1) is 6.92 Å². The fourth-order valence-corrected chi connectivity index (χ4v) is 2.42. The molecule has 3 heteroatoms. The number of nitrogens with zero attached hydrogens (tertiary/aromatic N) is 2. The van der Waals surface area contributed by atoms with Gasteiger partial charge in [0.1, 0.15) is 5.65 Å². The fourth-order valence-electron chi connectivity index (χ4n) is 1.72. The van der Waals surface area contributed by atoms with E-state index in [1.807, 2.05) is 28.8 Å². The molecule has 0 aromatic carbocycles. The molecule has 0 N–H and O–H groups in total. The molecule has 0 saturated carbocycles. The molecular weight excluding hydrogens is 204 g/mol. The van der Waals surface area contributed by atoms with Crippen LogP contribution in [-0.4, -0.2) is 9.38 Å². The molecule has 3 heterocycles. The van der Waals surface area contributed by atoms with Gasteiger partial charge in [-0.25, -0.2) is 4.98 Å². The Balaban J connectivity index is 2.24. The van der Waals surface area contributed by atoms with Gasteiger partial charge in [0.15, 0.2) is 0 Å². The Morgan fingerprint density at radius 3 is 2.93 bits per heavy atom. The molecule has 15 heavy (non-hydrogen) atoms. The lowest BCUT2D eigenvalue weighted by molar-refractivity contribution is 1.19. The Kier molecular flexibility index (Phi) is 1.86. The SMILES string of the molecule is Cc1sccc1-c1cn2ccccc2n1. The van der Waals surface area contributed by atoms with E-state index >= 15 is 0 Å². The monoisotopic (exact) mass is 214 g/mol. The molecule has 0 aliphatic heterocycles. The van der Waals surface area contributed by atoms with E-state index in [2.05, 4.69) is 29.6 Å². The highest BCUT2D eigenvalue weighted by Crippen LogP contribution is 2.26. The first kappa shape index (κ1) is 8.68. The van der Waals surface area contributed by atoms with Gasteiger partial charge in [-0.2, -0.15) is 0 Å². The third-order valence-corrected chi connectivity index (χ3v) is 3.34. The van der Waals surface area contributed by atoms with Crippen LogP contribution in [0.4, 0.5) is 0 Å². The summed E-state index contributed by atoms with van der Waals surface area (Å²) in [6, 6.07) is 8.17. The zero-order valence-electron chi connectivity index (χ0n) is 8.34. The second kappa shape index (κ2) is 3.21. The Bertz CT molecular complexity index is 574. The predicted molar refractivity (Wildman–Crippen MR) is 63.2 cm³/mol. The van der Waals surface area contributed by atoms with Gasteiger partial charge < -0.3 is 4.40 Å². The molecule has 0 saturated heterocycles. The molecule has 0 unspecified atom stereocenters. The Morgan fingerprint density at radius 2 is 2.20 bits per heavy atom. The lowest BCUT2D eigenvalue weighted by Gasteiger charge is -1.91. The standard InChI is InChI=1S/C12H10N2S/c1-9-10(5-7-15-9)11-8-14-6-3-2-4-12(14)13-11/h2-8H,1H3. The molecule has 0 fully saturated rings. The lowest BCUT2D eigenvalue weighted by atomic mass is 10.2. The molecule has 2 nitrogen and oxygen atoms in total. The number of rotatable bonds is 1. The minimum absolute atomic E-state index is 0.998. The summed E-state index contributed by atoms with van der Waals surface area (Å²) in [5.41, 5.74) is 3.29. The average Bonchev–Trinajstić information content (AvgIpc) is 2.82. The van der Waals surface area contributed by atoms with Crippen molar-refractivity contribution in [1.29, 1.82) is 0 Å². The van der Waals surface area contributed by atoms with Crippen molar-refractivity contribution < 1.29 is 0 Å². The minimum atomic E-state index is 0.998. The summed E-state index contributed by atoms with van der Waals surface area (Å²) in [4.78, 5) is 5.90. The first-order valence-electron chi connectivity index (χ1n) is 4.83. The summed E-state index contributed by atoms with van der Waals surface area (Å²) in [6.07, 6.45) is 4.10. The van der Waals surface area contributed by atoms with E-state index in [4.69, 9.17) is 0 Å². The van der Waals surface area contributed by atoms with E-state index < -0.39 is 0 Å². The predicted octanol–water partition coefficient (Wildman–Crippen LogP) is 3.37. The van der Waals surface area contributed by atoms with Crippen molar-refractivity contribution in [3.63, 3.8) is 0 Å². The van der Waals surface area contributed by atoms with E-state index in [1.165, 1.54) is 10.4 Å². The Hall–Kier alpha value is -1.61. The number of hydrogen-bond donors (Lipinski definition) is 0. The highest BCUT2D eigenvalue weighted by Gasteiger charge is 2.06. The van der Waals surface area contributed by atoms with Crippen LogP contribution in [0.2, 0.25) is 0 Å². The van der Waals surface area contributed by atoms with Crippen LogP contribution in [0.1, 0.15) is 4.88 Å². The first-order chi connectivity index (χ1) is 7.34. The van der Waals surface area contributed by atoms with E-state index in [9.17, 15) is 0 Å². The molecule has 3 rings (SSSR count). The third kappa shape index (κ3) is 1.36. The fraction of sp³-hybridized carbons (Fsp3) is 0.0833. The number of pyridine rings is 1. The molecule has 3 aromatic heterocycles. The largest absolute Gasteiger partial charge is 0.306 e. The van der Waals surface area contributed by atoms with Crippen LogP contribution in [0.15, 0.2) is 42.0 Å². The molecule has 0 aliphatic carbocycles. The van der Waals surface area contributed by atoms with Crippen LogP contribution in [0.3, 0.4) is 0 Å². The second-order valence-electron chi connectivity index (χ2n) is 3.48. The third-order valence-electron chi connectivity index (χ3n) is 2.50. The van der Waals surface area contributed by atoms with E-state index in [0.29, 0.717) is 0 Å². The minimum Gasteiger partial charge on any atom is -0.306 e. The van der Waals surface area contributed by atoms with Gasteiger partial charge in [-0.1, -0.05) is 6.07 Å². The van der Waals surface area contributed by atoms with Gasteiger partial charge in [0.05, 0.1) is 5.69 Å². The molecule has 0 atom stereocenters. The van der Waals surface area contributed by atoms with Crippen LogP contribution in [0.5, 0.6) is 0 Å². The van der Waals surface area contributed by atoms with Gasteiger partial charge in [-0.15, -0.1) is 11.3 Å². The summed E-state index contributed by atoms with van der Waals surface area (Å²) in [6.45, 7) is 2.13. The molecule has 74 valence electrons. The molecule has 0 amide bonds. The van der Waals surface area contributed by atoms with Crippen LogP contribution in [0.25, 0.3) is 16.9 Å². The Labute approximate surface area is 91.8 Å². The molecular formula is C12H10N2S. The van der Waals surface area contributed by atoms with Gasteiger partial charge in [0.2, 0.25) is 0 Å². The molecule has 0 spiro atoms. The number of imidazole rings is 1. The van der Waals surface area contributed by atoms with Crippen molar-refractivity contribution in [2.24, 2.45) is 0 Å². The van der Waals surface area contributed by atoms with E-state index in [-0.39, 0.29) is 0 Å². The van der Waals surface area contributed by atoms with Crippen molar-refractivity contribution in [3.05, 3.63) is 46.9 Å². The average molecular weight is 214 g/mol. The van der Waals surface area contributed by atoms with Crippen LogP contribution >= 0.6 is 11.3 Å². The molecule has 0 aliphatic rings. The maximum absolute atomic E-state index is 4.59. The summed E-state index contributed by atoms with van der Waals surface area (Å²) >= 11 is 1.76. The van der Waals surface area contributed by atoms with Crippen LogP contribution < -0.4 is 0 Å². The summed E-state index contributed by atoms with van der Waals surface area (Å²) < 4.78 is 2.05. The number of thiophene rings is 1. The normalized spacial score (nSPS) is 11.0. The van der Waals surface area contributed by atoms with Gasteiger partial charge in [0.25, 0.3) is 0 Å². The zero-order chi connectivity index (χ0) is 10.3. The number of hydrogen-bond acceptors (Lipinski definition) is 2. The lowest BCUT2D eigenvalue weighted by Crippen LogP contribution is -1.77. The molecule has 0 bridgehead atoms. The van der Waals surface area contributed by atoms with E-state index in [0.717, 1.165) is 11.3 Å². The topological polar surface area (TPSA) is 17.3 Å². The number of aryl methyl sites for hydroxylation is 1. The molecule has 0 radical (unpaired) electrons. The Morgan fingerprint density at radius 1 is 1.27 bits per heavy atom. The van der Waals surface area contributed by atoms with Crippen molar-refractivity contribution in [3.8, 4) is 11.3 Å². The second-order valence-corrected chi connectivity index (χ2v) is 4.60. The quantitative estimate of drug-likeness (QED) is 0.607. The van der Waals surface area contributed by atoms with Crippen molar-refractivity contribution in [2.75, 3.05) is 0 Å². The summed E-state index contributed by atoms with van der Waals surface area (Å²) in [5, 5.41) is 2.11. The maximum atomic E-state index is 4.59. The maximum Gasteiger partial charge on any atom is 0.137 e. The number of fused-ring (bicyclic) bond motifs is 1. The first-order valence-corrected chi connectivity index (χ1v) is 5.71. The summed E-state index contributed by atoms with van der Waals surface area (Å²) in [7, 11) is 0. The van der Waals surface area contributed by atoms with E-state index in [1.54, 1.807) is 11.3 Å². The van der Waals surface area contributed by atoms with Gasteiger partial charge >= 0.3 is 0 Å². The zero-order valence-corrected chi connectivity index (χ0v) is 9.16.